The van der Waals surface area contributed by atoms with Crippen LogP contribution >= 0.6 is 7.75 Å². The van der Waals surface area contributed by atoms with Crippen LogP contribution in [0.3, 0.4) is 0 Å². The second kappa shape index (κ2) is 12.1. The standard InChI is InChI=1S/C24H32N2O9P/c1-15(2)33-24(30)16(3)25-36(31,35-19-10-6-5-7-11-19)32-14-20-21(28)22(29)23(34-20)26-12-8-9-18(13-26)17(4)27/h5-13,15-16,20-23,28-29H,14H2,1-4H3,(H,25,31)/q+1/t16-,20+,21?,22-,23+,36-/m0/s1. The highest BCUT2D eigenvalue weighted by atomic mass is 31.2. The van der Waals surface area contributed by atoms with Crippen LogP contribution in [0.5, 0.6) is 5.75 Å². The van der Waals surface area contributed by atoms with E-state index in [-0.39, 0.29) is 17.6 Å². The highest BCUT2D eigenvalue weighted by molar-refractivity contribution is 7.52. The van der Waals surface area contributed by atoms with Gasteiger partial charge in [0, 0.05) is 6.07 Å². The predicted octanol–water partition coefficient (Wildman–Crippen LogP) is 1.93. The number of aromatic nitrogens is 1. The number of esters is 1. The summed E-state index contributed by atoms with van der Waals surface area (Å²) < 4.78 is 37.1. The molecule has 36 heavy (non-hydrogen) atoms. The van der Waals surface area contributed by atoms with Gasteiger partial charge in [-0.2, -0.15) is 9.65 Å². The monoisotopic (exact) mass is 523 g/mol. The molecule has 6 atom stereocenters. The lowest BCUT2D eigenvalue weighted by atomic mass is 10.1. The Morgan fingerprint density at radius 1 is 1.11 bits per heavy atom. The first-order chi connectivity index (χ1) is 17.0. The minimum Gasteiger partial charge on any atom is -0.462 e. The Bertz CT molecular complexity index is 1100. The number of benzene rings is 1. The van der Waals surface area contributed by atoms with Gasteiger partial charge in [-0.25, -0.2) is 4.57 Å². The summed E-state index contributed by atoms with van der Waals surface area (Å²) in [6, 6.07) is 10.4. The van der Waals surface area contributed by atoms with Gasteiger partial charge in [-0.1, -0.05) is 18.2 Å². The van der Waals surface area contributed by atoms with Crippen LogP contribution in [0.2, 0.25) is 0 Å². The fourth-order valence-electron chi connectivity index (χ4n) is 3.48. The Balaban J connectivity index is 1.74. The molecule has 0 radical (unpaired) electrons. The van der Waals surface area contributed by atoms with Crippen LogP contribution in [0.25, 0.3) is 0 Å². The average molecular weight is 523 g/mol. The minimum atomic E-state index is -4.18. The van der Waals surface area contributed by atoms with Crippen molar-refractivity contribution in [2.45, 2.75) is 64.4 Å². The normalized spacial score (nSPS) is 24.2. The van der Waals surface area contributed by atoms with Crippen molar-refractivity contribution in [1.29, 1.82) is 0 Å². The van der Waals surface area contributed by atoms with Gasteiger partial charge in [0.2, 0.25) is 0 Å². The zero-order valence-corrected chi connectivity index (χ0v) is 21.4. The summed E-state index contributed by atoms with van der Waals surface area (Å²) >= 11 is 0. The fraction of sp³-hybridized carbons (Fsp3) is 0.458. The van der Waals surface area contributed by atoms with Crippen molar-refractivity contribution in [3.63, 3.8) is 0 Å². The lowest BCUT2D eigenvalue weighted by molar-refractivity contribution is -0.765. The number of nitrogens with one attached hydrogen (secondary N) is 1. The van der Waals surface area contributed by atoms with Crippen molar-refractivity contribution < 1.29 is 47.5 Å². The lowest BCUT2D eigenvalue weighted by Gasteiger charge is -2.24. The summed E-state index contributed by atoms with van der Waals surface area (Å²) in [6.07, 6.45) is -2.15. The van der Waals surface area contributed by atoms with E-state index >= 15 is 0 Å². The van der Waals surface area contributed by atoms with Gasteiger partial charge in [-0.05, 0) is 45.9 Å². The number of nitrogens with zero attached hydrogens (tertiary/aromatic N) is 1. The molecule has 1 aromatic carbocycles. The second-order valence-electron chi connectivity index (χ2n) is 8.68. The maximum atomic E-state index is 13.6. The van der Waals surface area contributed by atoms with E-state index in [9.17, 15) is 24.4 Å². The van der Waals surface area contributed by atoms with E-state index in [1.54, 1.807) is 62.5 Å². The molecule has 1 aromatic heterocycles. The van der Waals surface area contributed by atoms with Gasteiger partial charge < -0.3 is 24.2 Å². The molecule has 1 saturated heterocycles. The van der Waals surface area contributed by atoms with Gasteiger partial charge in [0.15, 0.2) is 24.3 Å². The van der Waals surface area contributed by atoms with Gasteiger partial charge in [-0.3, -0.25) is 14.1 Å². The predicted molar refractivity (Wildman–Crippen MR) is 127 cm³/mol. The summed E-state index contributed by atoms with van der Waals surface area (Å²) in [5.41, 5.74) is 0.398. The van der Waals surface area contributed by atoms with E-state index in [4.69, 9.17) is 18.5 Å². The van der Waals surface area contributed by atoms with Gasteiger partial charge in [-0.15, -0.1) is 0 Å². The molecule has 12 heteroatoms. The largest absolute Gasteiger partial charge is 0.462 e. The molecule has 1 aliphatic heterocycles. The third-order valence-corrected chi connectivity index (χ3v) is 6.94. The van der Waals surface area contributed by atoms with Crippen LogP contribution in [0, 0.1) is 0 Å². The van der Waals surface area contributed by atoms with Crippen LogP contribution in [0.4, 0.5) is 0 Å². The third-order valence-electron chi connectivity index (χ3n) is 5.29. The van der Waals surface area contributed by atoms with Crippen LogP contribution in [-0.2, 0) is 23.4 Å². The molecule has 1 aliphatic rings. The number of aliphatic hydroxyl groups is 2. The van der Waals surface area contributed by atoms with Crippen molar-refractivity contribution in [1.82, 2.24) is 5.09 Å². The molecule has 11 nitrogen and oxygen atoms in total. The van der Waals surface area contributed by atoms with Crippen LogP contribution in [0.1, 0.15) is 44.3 Å². The van der Waals surface area contributed by atoms with Crippen LogP contribution < -0.4 is 14.2 Å². The van der Waals surface area contributed by atoms with E-state index < -0.39 is 50.9 Å². The van der Waals surface area contributed by atoms with Crippen molar-refractivity contribution >= 4 is 19.5 Å². The molecule has 0 amide bonds. The number of Topliss-reactive ketones (excluding diaryl/α,β-unsaturated/α-hetero) is 1. The SMILES string of the molecule is CC(=O)c1ccc[n+]([C@@H]2O[C@H](CO[P@@](=O)(N[C@@H](C)C(=O)OC(C)C)Oc3ccccc3)C(O)[C@@H]2O)c1. The molecule has 2 heterocycles. The summed E-state index contributed by atoms with van der Waals surface area (Å²) in [7, 11) is -4.18. The van der Waals surface area contributed by atoms with E-state index in [1.807, 2.05) is 0 Å². The Hall–Kier alpha value is -2.66. The lowest BCUT2D eigenvalue weighted by Crippen LogP contribution is -2.46. The number of hydrogen-bond acceptors (Lipinski definition) is 9. The number of pyridine rings is 1. The van der Waals surface area contributed by atoms with E-state index in [0.717, 1.165) is 0 Å². The smallest absolute Gasteiger partial charge is 0.459 e. The summed E-state index contributed by atoms with van der Waals surface area (Å²) in [6.45, 7) is 5.79. The number of carbonyl (C=O) groups excluding carboxylic acids is 2. The van der Waals surface area contributed by atoms with E-state index in [2.05, 4.69) is 5.09 Å². The number of hydrogen-bond donors (Lipinski definition) is 3. The number of aliphatic hydroxyl groups excluding tert-OH is 2. The molecular weight excluding hydrogens is 491 g/mol. The van der Waals surface area contributed by atoms with Crippen molar-refractivity contribution in [3.8, 4) is 5.75 Å². The number of rotatable bonds is 11. The molecule has 0 bridgehead atoms. The van der Waals surface area contributed by atoms with E-state index in [0.29, 0.717) is 5.56 Å². The Kier molecular flexibility index (Phi) is 9.35. The maximum Gasteiger partial charge on any atom is 0.459 e. The highest BCUT2D eigenvalue weighted by Crippen LogP contribution is 2.45. The topological polar surface area (TPSA) is 144 Å². The summed E-state index contributed by atoms with van der Waals surface area (Å²) in [4.78, 5) is 24.0. The number of ether oxygens (including phenoxy) is 2. The number of carbonyl (C=O) groups is 2. The first-order valence-corrected chi connectivity index (χ1v) is 13.0. The molecule has 0 spiro atoms. The Labute approximate surface area is 209 Å². The van der Waals surface area contributed by atoms with Crippen LogP contribution in [-0.4, -0.2) is 59.0 Å². The second-order valence-corrected chi connectivity index (χ2v) is 10.4. The molecule has 1 fully saturated rings. The van der Waals surface area contributed by atoms with Gasteiger partial charge in [0.25, 0.3) is 6.23 Å². The maximum absolute atomic E-state index is 13.6. The molecule has 0 saturated carbocycles. The number of ketones is 1. The highest BCUT2D eigenvalue weighted by Gasteiger charge is 2.49. The third kappa shape index (κ3) is 7.19. The molecule has 3 N–H and O–H groups in total. The van der Waals surface area contributed by atoms with Gasteiger partial charge in [0.1, 0.15) is 24.0 Å². The van der Waals surface area contributed by atoms with E-state index in [1.165, 1.54) is 24.6 Å². The molecular formula is C24H32N2O9P+. The molecule has 2 aromatic rings. The fourth-order valence-corrected chi connectivity index (χ4v) is 4.98. The van der Waals surface area contributed by atoms with Gasteiger partial charge in [0.05, 0.1) is 18.3 Å². The average Bonchev–Trinajstić information content (AvgIpc) is 3.11. The van der Waals surface area contributed by atoms with Crippen molar-refractivity contribution in [2.24, 2.45) is 0 Å². The van der Waals surface area contributed by atoms with Crippen LogP contribution in [0.15, 0.2) is 54.9 Å². The number of para-hydroxylation sites is 1. The minimum absolute atomic E-state index is 0.174. The summed E-state index contributed by atoms with van der Waals surface area (Å²) in [5, 5.41) is 23.7. The Morgan fingerprint density at radius 3 is 2.44 bits per heavy atom. The molecule has 196 valence electrons. The zero-order valence-electron chi connectivity index (χ0n) is 20.5. The van der Waals surface area contributed by atoms with Crippen molar-refractivity contribution in [2.75, 3.05) is 6.61 Å². The Morgan fingerprint density at radius 2 is 1.81 bits per heavy atom. The van der Waals surface area contributed by atoms with Crippen molar-refractivity contribution in [3.05, 3.63) is 60.4 Å². The summed E-state index contributed by atoms with van der Waals surface area (Å²) in [5.74, 6) is -0.604. The first kappa shape index (κ1) is 27.9. The molecule has 0 aliphatic carbocycles. The van der Waals surface area contributed by atoms with Gasteiger partial charge >= 0.3 is 13.7 Å². The zero-order chi connectivity index (χ0) is 26.5. The molecule has 3 rings (SSSR count). The first-order valence-electron chi connectivity index (χ1n) is 11.5. The quantitative estimate of drug-likeness (QED) is 0.173. The molecule has 1 unspecified atom stereocenters.